The number of hydrogen-bond donors (Lipinski definition) is 2. The number of pyridine rings is 1. The van der Waals surface area contributed by atoms with Crippen molar-refractivity contribution in [3.8, 4) is 0 Å². The van der Waals surface area contributed by atoms with E-state index in [0.717, 1.165) is 19.4 Å². The molecular formula is C11H18N4O. The van der Waals surface area contributed by atoms with Gasteiger partial charge in [0.05, 0.1) is 11.9 Å². The molecule has 1 amide bonds. The largest absolute Gasteiger partial charge is 0.340 e. The SMILES string of the molecule is CCCCN(C)C(=O)c1ccc(NN)cn1. The molecule has 0 atom stereocenters. The van der Waals surface area contributed by atoms with Crippen molar-refractivity contribution in [1.82, 2.24) is 9.88 Å². The summed E-state index contributed by atoms with van der Waals surface area (Å²) in [5, 5.41) is 0. The van der Waals surface area contributed by atoms with E-state index in [0.29, 0.717) is 11.4 Å². The van der Waals surface area contributed by atoms with Gasteiger partial charge in [0.1, 0.15) is 5.69 Å². The third-order valence-corrected chi connectivity index (χ3v) is 2.34. The van der Waals surface area contributed by atoms with E-state index >= 15 is 0 Å². The maximum absolute atomic E-state index is 11.9. The Hall–Kier alpha value is -1.62. The minimum atomic E-state index is -0.0583. The van der Waals surface area contributed by atoms with Gasteiger partial charge >= 0.3 is 0 Å². The van der Waals surface area contributed by atoms with Crippen LogP contribution >= 0.6 is 0 Å². The summed E-state index contributed by atoms with van der Waals surface area (Å²) in [7, 11) is 1.79. The third-order valence-electron chi connectivity index (χ3n) is 2.34. The van der Waals surface area contributed by atoms with Gasteiger partial charge in [0, 0.05) is 13.6 Å². The first-order valence-electron chi connectivity index (χ1n) is 5.37. The average Bonchev–Trinajstić information content (AvgIpc) is 2.35. The Bertz CT molecular complexity index is 336. The molecular weight excluding hydrogens is 204 g/mol. The van der Waals surface area contributed by atoms with E-state index in [2.05, 4.69) is 17.3 Å². The Morgan fingerprint density at radius 2 is 2.31 bits per heavy atom. The van der Waals surface area contributed by atoms with Crippen LogP contribution in [0.4, 0.5) is 5.69 Å². The number of unbranched alkanes of at least 4 members (excludes halogenated alkanes) is 1. The number of carbonyl (C=O) groups excluding carboxylic acids is 1. The second kappa shape index (κ2) is 6.07. The van der Waals surface area contributed by atoms with E-state index in [9.17, 15) is 4.79 Å². The van der Waals surface area contributed by atoms with Crippen molar-refractivity contribution in [2.45, 2.75) is 19.8 Å². The minimum Gasteiger partial charge on any atom is -0.340 e. The quantitative estimate of drug-likeness (QED) is 0.581. The average molecular weight is 222 g/mol. The van der Waals surface area contributed by atoms with Crippen LogP contribution in [0.5, 0.6) is 0 Å². The maximum atomic E-state index is 11.9. The molecule has 1 heterocycles. The van der Waals surface area contributed by atoms with Crippen molar-refractivity contribution < 1.29 is 4.79 Å². The monoisotopic (exact) mass is 222 g/mol. The van der Waals surface area contributed by atoms with Gasteiger partial charge in [0.2, 0.25) is 0 Å². The Labute approximate surface area is 95.6 Å². The summed E-state index contributed by atoms with van der Waals surface area (Å²) in [6.07, 6.45) is 3.62. The smallest absolute Gasteiger partial charge is 0.272 e. The first-order chi connectivity index (χ1) is 7.69. The predicted octanol–water partition coefficient (Wildman–Crippen LogP) is 1.24. The zero-order chi connectivity index (χ0) is 12.0. The van der Waals surface area contributed by atoms with Crippen molar-refractivity contribution in [2.24, 2.45) is 5.84 Å². The number of carbonyl (C=O) groups is 1. The highest BCUT2D eigenvalue weighted by Gasteiger charge is 2.11. The number of amides is 1. The molecule has 0 fully saturated rings. The summed E-state index contributed by atoms with van der Waals surface area (Å²) >= 11 is 0. The van der Waals surface area contributed by atoms with E-state index in [1.54, 1.807) is 30.3 Å². The van der Waals surface area contributed by atoms with E-state index < -0.39 is 0 Å². The second-order valence-corrected chi connectivity index (χ2v) is 3.66. The molecule has 0 aliphatic rings. The fraction of sp³-hybridized carbons (Fsp3) is 0.455. The lowest BCUT2D eigenvalue weighted by Gasteiger charge is -2.16. The molecule has 0 saturated heterocycles. The molecule has 0 aromatic carbocycles. The summed E-state index contributed by atoms with van der Waals surface area (Å²) in [5.41, 5.74) is 3.60. The molecule has 0 aliphatic carbocycles. The highest BCUT2D eigenvalue weighted by molar-refractivity contribution is 5.92. The van der Waals surface area contributed by atoms with E-state index in [4.69, 9.17) is 5.84 Å². The molecule has 5 nitrogen and oxygen atoms in total. The molecule has 1 aromatic heterocycles. The van der Waals surface area contributed by atoms with Crippen LogP contribution in [0, 0.1) is 0 Å². The van der Waals surface area contributed by atoms with Crippen LogP contribution in [0.2, 0.25) is 0 Å². The van der Waals surface area contributed by atoms with Crippen LogP contribution in [0.1, 0.15) is 30.3 Å². The lowest BCUT2D eigenvalue weighted by atomic mass is 10.2. The molecule has 16 heavy (non-hydrogen) atoms. The van der Waals surface area contributed by atoms with Gasteiger partial charge in [-0.3, -0.25) is 10.6 Å². The first-order valence-corrected chi connectivity index (χ1v) is 5.37. The van der Waals surface area contributed by atoms with Gasteiger partial charge in [0.15, 0.2) is 0 Å². The van der Waals surface area contributed by atoms with Gasteiger partial charge in [-0.25, -0.2) is 4.98 Å². The number of nitrogens with zero attached hydrogens (tertiary/aromatic N) is 2. The Morgan fingerprint density at radius 3 is 2.81 bits per heavy atom. The number of aromatic nitrogens is 1. The summed E-state index contributed by atoms with van der Waals surface area (Å²) in [6.45, 7) is 2.85. The van der Waals surface area contributed by atoms with Crippen molar-refractivity contribution in [2.75, 3.05) is 19.0 Å². The van der Waals surface area contributed by atoms with Gasteiger partial charge < -0.3 is 10.3 Å². The van der Waals surface area contributed by atoms with E-state index in [1.807, 2.05) is 0 Å². The zero-order valence-corrected chi connectivity index (χ0v) is 9.73. The van der Waals surface area contributed by atoms with Gasteiger partial charge in [0.25, 0.3) is 5.91 Å². The van der Waals surface area contributed by atoms with E-state index in [-0.39, 0.29) is 5.91 Å². The van der Waals surface area contributed by atoms with Crippen LogP contribution in [-0.2, 0) is 0 Å². The van der Waals surface area contributed by atoms with Gasteiger partial charge in [-0.15, -0.1) is 0 Å². The highest BCUT2D eigenvalue weighted by Crippen LogP contribution is 2.06. The van der Waals surface area contributed by atoms with Crippen LogP contribution in [0.15, 0.2) is 18.3 Å². The molecule has 88 valence electrons. The number of nitrogens with two attached hydrogens (primary N) is 1. The lowest BCUT2D eigenvalue weighted by Crippen LogP contribution is -2.28. The van der Waals surface area contributed by atoms with Crippen LogP contribution < -0.4 is 11.3 Å². The maximum Gasteiger partial charge on any atom is 0.272 e. The molecule has 0 unspecified atom stereocenters. The summed E-state index contributed by atoms with van der Waals surface area (Å²) in [6, 6.07) is 3.40. The molecule has 0 saturated carbocycles. The molecule has 5 heteroatoms. The third kappa shape index (κ3) is 3.20. The number of hydrogen-bond acceptors (Lipinski definition) is 4. The fourth-order valence-electron chi connectivity index (χ4n) is 1.30. The van der Waals surface area contributed by atoms with Crippen molar-refractivity contribution in [3.63, 3.8) is 0 Å². The van der Waals surface area contributed by atoms with Crippen LogP contribution in [0.3, 0.4) is 0 Å². The normalized spacial score (nSPS) is 9.94. The molecule has 0 spiro atoms. The van der Waals surface area contributed by atoms with Crippen molar-refractivity contribution >= 4 is 11.6 Å². The minimum absolute atomic E-state index is 0.0583. The van der Waals surface area contributed by atoms with E-state index in [1.165, 1.54) is 0 Å². The first kappa shape index (κ1) is 12.4. The van der Waals surface area contributed by atoms with Gasteiger partial charge in [-0.1, -0.05) is 13.3 Å². The molecule has 1 aromatic rings. The number of nitrogens with one attached hydrogen (secondary N) is 1. The molecule has 3 N–H and O–H groups in total. The summed E-state index contributed by atoms with van der Waals surface area (Å²) < 4.78 is 0. The Morgan fingerprint density at radius 1 is 1.56 bits per heavy atom. The van der Waals surface area contributed by atoms with Crippen molar-refractivity contribution in [1.29, 1.82) is 0 Å². The molecule has 0 radical (unpaired) electrons. The molecule has 0 aliphatic heterocycles. The Balaban J connectivity index is 2.64. The zero-order valence-electron chi connectivity index (χ0n) is 9.73. The summed E-state index contributed by atoms with van der Waals surface area (Å²) in [5.74, 6) is 5.16. The van der Waals surface area contributed by atoms with Crippen LogP contribution in [0.25, 0.3) is 0 Å². The number of anilines is 1. The van der Waals surface area contributed by atoms with Crippen molar-refractivity contribution in [3.05, 3.63) is 24.0 Å². The summed E-state index contributed by atoms with van der Waals surface area (Å²) in [4.78, 5) is 17.6. The topological polar surface area (TPSA) is 71.2 Å². The van der Waals surface area contributed by atoms with Gasteiger partial charge in [-0.2, -0.15) is 0 Å². The number of rotatable bonds is 5. The fourth-order valence-corrected chi connectivity index (χ4v) is 1.30. The second-order valence-electron chi connectivity index (χ2n) is 3.66. The number of hydrazine groups is 1. The van der Waals surface area contributed by atoms with Gasteiger partial charge in [-0.05, 0) is 18.6 Å². The number of nitrogen functional groups attached to an aromatic ring is 1. The molecule has 1 rings (SSSR count). The highest BCUT2D eigenvalue weighted by atomic mass is 16.2. The Kier molecular flexibility index (Phi) is 4.72. The standard InChI is InChI=1S/C11H18N4O/c1-3-4-7-15(2)11(16)10-6-5-9(14-12)8-13-10/h5-6,8,14H,3-4,7,12H2,1-2H3. The van der Waals surface area contributed by atoms with Crippen LogP contribution in [-0.4, -0.2) is 29.4 Å². The predicted molar refractivity (Wildman–Crippen MR) is 63.9 cm³/mol. The molecule has 0 bridgehead atoms. The lowest BCUT2D eigenvalue weighted by molar-refractivity contribution is 0.0787.